The molecular formula is C17H16I+. The number of hydrogen-bond acceptors (Lipinski definition) is 0. The molecule has 0 saturated carbocycles. The van der Waals surface area contributed by atoms with E-state index in [4.69, 9.17) is 0 Å². The van der Waals surface area contributed by atoms with Crippen LogP contribution >= 0.6 is 0 Å². The fraction of sp³-hybridized carbons (Fsp3) is 0.176. The highest BCUT2D eigenvalue weighted by atomic mass is 127. The first-order chi connectivity index (χ1) is 8.66. The first kappa shape index (κ1) is 13.2. The molecule has 90 valence electrons. The molecule has 0 aliphatic heterocycles. The standard InChI is InChI=1S/C17H16I/c1-13-11-14(2)17(15(3)12-13)9-10-18-16-7-5-4-6-8-16/h4-8,11-12H,1-3H3/q+1. The van der Waals surface area contributed by atoms with Crippen LogP contribution in [-0.2, 0) is 0 Å². The topological polar surface area (TPSA) is 0 Å². The van der Waals surface area contributed by atoms with Crippen molar-refractivity contribution >= 4 is 0 Å². The van der Waals surface area contributed by atoms with Crippen LogP contribution in [0, 0.1) is 34.2 Å². The van der Waals surface area contributed by atoms with Crippen molar-refractivity contribution < 1.29 is 21.2 Å². The smallest absolute Gasteiger partial charge is 0.0619 e. The number of hydrogen-bond donors (Lipinski definition) is 0. The van der Waals surface area contributed by atoms with Crippen LogP contribution in [0.25, 0.3) is 0 Å². The third-order valence-electron chi connectivity index (χ3n) is 2.74. The van der Waals surface area contributed by atoms with E-state index < -0.39 is 0 Å². The molecule has 18 heavy (non-hydrogen) atoms. The lowest BCUT2D eigenvalue weighted by Crippen LogP contribution is -3.59. The molecule has 1 heteroatoms. The molecule has 0 unspecified atom stereocenters. The molecule has 0 aromatic heterocycles. The molecule has 0 saturated heterocycles. The van der Waals surface area contributed by atoms with Gasteiger partial charge in [0.2, 0.25) is 3.57 Å². The van der Waals surface area contributed by atoms with Crippen LogP contribution in [0.15, 0.2) is 42.5 Å². The first-order valence-corrected chi connectivity index (χ1v) is 8.10. The predicted octanol–water partition coefficient (Wildman–Crippen LogP) is 0.880. The highest BCUT2D eigenvalue weighted by Crippen LogP contribution is 2.14. The van der Waals surface area contributed by atoms with Crippen LogP contribution in [-0.4, -0.2) is 0 Å². The van der Waals surface area contributed by atoms with Crippen LogP contribution in [0.1, 0.15) is 22.3 Å². The average molecular weight is 347 g/mol. The summed E-state index contributed by atoms with van der Waals surface area (Å²) in [4.78, 5) is 0. The molecule has 0 heterocycles. The van der Waals surface area contributed by atoms with Crippen molar-refractivity contribution in [2.24, 2.45) is 0 Å². The van der Waals surface area contributed by atoms with Crippen LogP contribution in [0.2, 0.25) is 0 Å². The predicted molar refractivity (Wildman–Crippen MR) is 72.7 cm³/mol. The quantitative estimate of drug-likeness (QED) is 0.531. The Labute approximate surface area is 120 Å². The molecule has 2 aromatic carbocycles. The molecule has 2 rings (SSSR count). The Balaban J connectivity index is 2.21. The average Bonchev–Trinajstić information content (AvgIpc) is 2.34. The van der Waals surface area contributed by atoms with Gasteiger partial charge in [0.05, 0.1) is 0 Å². The second-order valence-corrected chi connectivity index (χ2v) is 6.71. The SMILES string of the molecule is Cc1cc(C)c(C#C[I+]c2ccccc2)c(C)c1. The first-order valence-electron chi connectivity index (χ1n) is 5.94. The maximum atomic E-state index is 3.38. The van der Waals surface area contributed by atoms with Gasteiger partial charge in [0.25, 0.3) is 0 Å². The van der Waals surface area contributed by atoms with Gasteiger partial charge in [-0.3, -0.25) is 0 Å². The van der Waals surface area contributed by atoms with E-state index >= 15 is 0 Å². The van der Waals surface area contributed by atoms with Gasteiger partial charge in [-0.15, -0.1) is 0 Å². The summed E-state index contributed by atoms with van der Waals surface area (Å²) < 4.78 is 4.76. The molecule has 0 aliphatic rings. The largest absolute Gasteiger partial charge is 0.420 e. The Kier molecular flexibility index (Phi) is 4.43. The summed E-state index contributed by atoms with van der Waals surface area (Å²) in [5.74, 6) is 3.36. The van der Waals surface area contributed by atoms with Crippen LogP contribution in [0.5, 0.6) is 0 Å². The molecule has 0 amide bonds. The maximum Gasteiger partial charge on any atom is 0.420 e. The van der Waals surface area contributed by atoms with Gasteiger partial charge in [0.1, 0.15) is 0 Å². The van der Waals surface area contributed by atoms with Gasteiger partial charge < -0.3 is 0 Å². The fourth-order valence-corrected chi connectivity index (χ4v) is 3.47. The Hall–Kier alpha value is -1.27. The van der Waals surface area contributed by atoms with E-state index in [2.05, 4.69) is 73.1 Å². The van der Waals surface area contributed by atoms with E-state index in [0.717, 1.165) is 0 Å². The number of rotatable bonds is 1. The monoisotopic (exact) mass is 347 g/mol. The summed E-state index contributed by atoms with van der Waals surface area (Å²) in [5.41, 5.74) is 5.10. The molecular weight excluding hydrogens is 331 g/mol. The van der Waals surface area contributed by atoms with Gasteiger partial charge >= 0.3 is 21.2 Å². The van der Waals surface area contributed by atoms with Crippen LogP contribution in [0.4, 0.5) is 0 Å². The number of aryl methyl sites for hydroxylation is 3. The van der Waals surface area contributed by atoms with E-state index in [9.17, 15) is 0 Å². The molecule has 0 nitrogen and oxygen atoms in total. The second-order valence-electron chi connectivity index (χ2n) is 4.38. The molecule has 0 spiro atoms. The third kappa shape index (κ3) is 3.36. The molecule has 0 bridgehead atoms. The molecule has 0 aliphatic carbocycles. The van der Waals surface area contributed by atoms with Gasteiger partial charge in [-0.05, 0) is 50.0 Å². The zero-order valence-corrected chi connectivity index (χ0v) is 13.1. The zero-order chi connectivity index (χ0) is 13.0. The normalized spacial score (nSPS) is 9.72. The van der Waals surface area contributed by atoms with Gasteiger partial charge in [-0.1, -0.05) is 35.9 Å². The highest BCUT2D eigenvalue weighted by Gasteiger charge is 2.07. The lowest BCUT2D eigenvalue weighted by molar-refractivity contribution is -0.535. The minimum absolute atomic E-state index is 0.194. The van der Waals surface area contributed by atoms with E-state index in [1.165, 1.54) is 25.8 Å². The van der Waals surface area contributed by atoms with Gasteiger partial charge in [0.15, 0.2) is 3.93 Å². The summed E-state index contributed by atoms with van der Waals surface area (Å²) in [6.07, 6.45) is 0. The second kappa shape index (κ2) is 6.06. The summed E-state index contributed by atoms with van der Waals surface area (Å²) in [5, 5.41) is 0. The molecule has 2 aromatic rings. The minimum atomic E-state index is -0.194. The van der Waals surface area contributed by atoms with Crippen molar-refractivity contribution in [2.75, 3.05) is 0 Å². The van der Waals surface area contributed by atoms with E-state index in [-0.39, 0.29) is 21.2 Å². The Morgan fingerprint density at radius 3 is 2.11 bits per heavy atom. The summed E-state index contributed by atoms with van der Waals surface area (Å²) in [6.45, 7) is 6.42. The molecule has 0 N–H and O–H groups in total. The van der Waals surface area contributed by atoms with Crippen molar-refractivity contribution in [1.29, 1.82) is 0 Å². The number of benzene rings is 2. The number of halogens is 1. The highest BCUT2D eigenvalue weighted by molar-refractivity contribution is 5.47. The lowest BCUT2D eigenvalue weighted by atomic mass is 10.0. The van der Waals surface area contributed by atoms with Gasteiger partial charge in [-0.2, -0.15) is 0 Å². The van der Waals surface area contributed by atoms with E-state index in [0.29, 0.717) is 0 Å². The van der Waals surface area contributed by atoms with Crippen molar-refractivity contribution in [3.63, 3.8) is 0 Å². The summed E-state index contributed by atoms with van der Waals surface area (Å²) in [6, 6.07) is 15.0. The zero-order valence-electron chi connectivity index (χ0n) is 10.9. The lowest BCUT2D eigenvalue weighted by Gasteiger charge is -2.03. The van der Waals surface area contributed by atoms with Crippen molar-refractivity contribution in [3.8, 4) is 9.85 Å². The minimum Gasteiger partial charge on any atom is -0.0619 e. The van der Waals surface area contributed by atoms with Gasteiger partial charge in [0, 0.05) is 5.56 Å². The molecule has 0 atom stereocenters. The fourth-order valence-electron chi connectivity index (χ4n) is 1.98. The Morgan fingerprint density at radius 2 is 1.50 bits per heavy atom. The van der Waals surface area contributed by atoms with Crippen LogP contribution < -0.4 is 21.2 Å². The van der Waals surface area contributed by atoms with Crippen molar-refractivity contribution in [3.05, 3.63) is 68.3 Å². The summed E-state index contributed by atoms with van der Waals surface area (Å²) >= 11 is -0.194. The Bertz CT molecular complexity index is 577. The van der Waals surface area contributed by atoms with Crippen LogP contribution in [0.3, 0.4) is 0 Å². The maximum absolute atomic E-state index is 3.38. The van der Waals surface area contributed by atoms with Crippen molar-refractivity contribution in [1.82, 2.24) is 0 Å². The van der Waals surface area contributed by atoms with Crippen molar-refractivity contribution in [2.45, 2.75) is 20.8 Å². The molecule has 0 radical (unpaired) electrons. The Morgan fingerprint density at radius 1 is 0.889 bits per heavy atom. The van der Waals surface area contributed by atoms with E-state index in [1.807, 2.05) is 0 Å². The molecule has 0 fully saturated rings. The van der Waals surface area contributed by atoms with E-state index in [1.54, 1.807) is 0 Å². The summed E-state index contributed by atoms with van der Waals surface area (Å²) in [7, 11) is 0. The third-order valence-corrected chi connectivity index (χ3v) is 4.62. The van der Waals surface area contributed by atoms with Gasteiger partial charge in [-0.25, -0.2) is 0 Å².